The molecule has 0 bridgehead atoms. The van der Waals surface area contributed by atoms with Gasteiger partial charge in [0.25, 0.3) is 0 Å². The summed E-state index contributed by atoms with van der Waals surface area (Å²) in [5, 5.41) is 6.96. The van der Waals surface area contributed by atoms with Crippen LogP contribution in [0.4, 0.5) is 5.69 Å². The Morgan fingerprint density at radius 2 is 2.12 bits per heavy atom. The third-order valence-electron chi connectivity index (χ3n) is 3.31. The van der Waals surface area contributed by atoms with Crippen LogP contribution in [0.2, 0.25) is 0 Å². The molecule has 1 saturated heterocycles. The highest BCUT2D eigenvalue weighted by Gasteiger charge is 2.12. The number of benzene rings is 1. The Hall–Kier alpha value is -0.540. The van der Waals surface area contributed by atoms with Gasteiger partial charge in [0.2, 0.25) is 0 Å². The SMILES string of the molecule is Cc1c(Br)cccc1NCC1CCNCC1. The second kappa shape index (κ2) is 5.69. The van der Waals surface area contributed by atoms with Gasteiger partial charge in [-0.05, 0) is 56.5 Å². The smallest absolute Gasteiger partial charge is 0.0381 e. The number of nitrogens with one attached hydrogen (secondary N) is 2. The maximum atomic E-state index is 3.57. The lowest BCUT2D eigenvalue weighted by atomic mass is 9.98. The van der Waals surface area contributed by atoms with Crippen LogP contribution in [0.1, 0.15) is 18.4 Å². The van der Waals surface area contributed by atoms with Crippen LogP contribution in [0.5, 0.6) is 0 Å². The van der Waals surface area contributed by atoms with Gasteiger partial charge in [0, 0.05) is 16.7 Å². The predicted octanol–water partition coefficient (Wildman–Crippen LogP) is 3.17. The molecule has 16 heavy (non-hydrogen) atoms. The zero-order chi connectivity index (χ0) is 11.4. The molecule has 88 valence electrons. The van der Waals surface area contributed by atoms with E-state index in [2.05, 4.69) is 51.7 Å². The van der Waals surface area contributed by atoms with Gasteiger partial charge in [-0.3, -0.25) is 0 Å². The fourth-order valence-corrected chi connectivity index (χ4v) is 2.51. The molecule has 0 radical (unpaired) electrons. The highest BCUT2D eigenvalue weighted by molar-refractivity contribution is 9.10. The van der Waals surface area contributed by atoms with E-state index in [9.17, 15) is 0 Å². The number of hydrogen-bond acceptors (Lipinski definition) is 2. The zero-order valence-corrected chi connectivity index (χ0v) is 11.3. The normalized spacial score (nSPS) is 17.4. The van der Waals surface area contributed by atoms with Crippen molar-refractivity contribution >= 4 is 21.6 Å². The van der Waals surface area contributed by atoms with Crippen LogP contribution in [0.3, 0.4) is 0 Å². The molecular formula is C13H19BrN2. The topological polar surface area (TPSA) is 24.1 Å². The third-order valence-corrected chi connectivity index (χ3v) is 4.17. The maximum absolute atomic E-state index is 3.57. The van der Waals surface area contributed by atoms with Gasteiger partial charge >= 0.3 is 0 Å². The molecule has 1 aliphatic rings. The molecule has 2 rings (SSSR count). The predicted molar refractivity (Wildman–Crippen MR) is 73.0 cm³/mol. The summed E-state index contributed by atoms with van der Waals surface area (Å²) in [7, 11) is 0. The molecule has 2 nitrogen and oxygen atoms in total. The molecule has 1 aromatic rings. The molecule has 3 heteroatoms. The molecule has 0 aromatic heterocycles. The molecule has 1 fully saturated rings. The quantitative estimate of drug-likeness (QED) is 0.890. The summed E-state index contributed by atoms with van der Waals surface area (Å²) in [4.78, 5) is 0. The van der Waals surface area contributed by atoms with Crippen LogP contribution in [-0.4, -0.2) is 19.6 Å². The average molecular weight is 283 g/mol. The standard InChI is InChI=1S/C13H19BrN2/c1-10-12(14)3-2-4-13(10)16-9-11-5-7-15-8-6-11/h2-4,11,15-16H,5-9H2,1H3. The Morgan fingerprint density at radius 3 is 2.88 bits per heavy atom. The average Bonchev–Trinajstić information content (AvgIpc) is 2.32. The Labute approximate surface area is 106 Å². The van der Waals surface area contributed by atoms with Gasteiger partial charge in [0.05, 0.1) is 0 Å². The van der Waals surface area contributed by atoms with Gasteiger partial charge in [-0.25, -0.2) is 0 Å². The summed E-state index contributed by atoms with van der Waals surface area (Å²) in [5.41, 5.74) is 2.56. The van der Waals surface area contributed by atoms with E-state index in [0.29, 0.717) is 0 Å². The molecule has 0 amide bonds. The van der Waals surface area contributed by atoms with Crippen LogP contribution in [0.25, 0.3) is 0 Å². The fraction of sp³-hybridized carbons (Fsp3) is 0.538. The van der Waals surface area contributed by atoms with Crippen molar-refractivity contribution in [2.75, 3.05) is 25.0 Å². The van der Waals surface area contributed by atoms with Crippen molar-refractivity contribution < 1.29 is 0 Å². The van der Waals surface area contributed by atoms with E-state index in [4.69, 9.17) is 0 Å². The van der Waals surface area contributed by atoms with E-state index in [1.165, 1.54) is 41.7 Å². The minimum Gasteiger partial charge on any atom is -0.385 e. The van der Waals surface area contributed by atoms with Gasteiger partial charge in [0.15, 0.2) is 0 Å². The molecule has 0 spiro atoms. The highest BCUT2D eigenvalue weighted by Crippen LogP contribution is 2.24. The lowest BCUT2D eigenvalue weighted by Crippen LogP contribution is -2.31. The van der Waals surface area contributed by atoms with Crippen LogP contribution in [-0.2, 0) is 0 Å². The monoisotopic (exact) mass is 282 g/mol. The van der Waals surface area contributed by atoms with E-state index in [1.54, 1.807) is 0 Å². The van der Waals surface area contributed by atoms with E-state index >= 15 is 0 Å². The molecule has 0 saturated carbocycles. The van der Waals surface area contributed by atoms with Gasteiger partial charge in [0.1, 0.15) is 0 Å². The van der Waals surface area contributed by atoms with Crippen molar-refractivity contribution in [3.63, 3.8) is 0 Å². The molecule has 0 atom stereocenters. The third kappa shape index (κ3) is 2.98. The Bertz CT molecular complexity index is 346. The van der Waals surface area contributed by atoms with Crippen LogP contribution in [0, 0.1) is 12.8 Å². The van der Waals surface area contributed by atoms with E-state index < -0.39 is 0 Å². The minimum atomic E-state index is 0.819. The fourth-order valence-electron chi connectivity index (χ4n) is 2.14. The van der Waals surface area contributed by atoms with E-state index in [0.717, 1.165) is 12.5 Å². The van der Waals surface area contributed by atoms with Crippen molar-refractivity contribution in [1.82, 2.24) is 5.32 Å². The summed E-state index contributed by atoms with van der Waals surface area (Å²) >= 11 is 3.56. The Morgan fingerprint density at radius 1 is 1.38 bits per heavy atom. The van der Waals surface area contributed by atoms with Crippen LogP contribution >= 0.6 is 15.9 Å². The number of hydrogen-bond donors (Lipinski definition) is 2. The number of rotatable bonds is 3. The molecule has 1 aliphatic heterocycles. The summed E-state index contributed by atoms with van der Waals surface area (Å²) < 4.78 is 1.18. The number of piperidine rings is 1. The van der Waals surface area contributed by atoms with Crippen molar-refractivity contribution in [2.24, 2.45) is 5.92 Å². The van der Waals surface area contributed by atoms with Gasteiger partial charge in [-0.15, -0.1) is 0 Å². The summed E-state index contributed by atoms with van der Waals surface area (Å²) in [6.07, 6.45) is 2.58. The molecule has 2 N–H and O–H groups in total. The Kier molecular flexibility index (Phi) is 4.24. The summed E-state index contributed by atoms with van der Waals surface area (Å²) in [6.45, 7) is 5.58. The molecule has 0 unspecified atom stereocenters. The first-order valence-corrected chi connectivity index (χ1v) is 6.76. The zero-order valence-electron chi connectivity index (χ0n) is 9.72. The van der Waals surface area contributed by atoms with Crippen molar-refractivity contribution in [3.05, 3.63) is 28.2 Å². The van der Waals surface area contributed by atoms with Crippen LogP contribution < -0.4 is 10.6 Å². The van der Waals surface area contributed by atoms with Gasteiger partial charge < -0.3 is 10.6 Å². The largest absolute Gasteiger partial charge is 0.385 e. The second-order valence-corrected chi connectivity index (χ2v) is 5.34. The lowest BCUT2D eigenvalue weighted by molar-refractivity contribution is 0.390. The molecule has 1 aromatic carbocycles. The van der Waals surface area contributed by atoms with Crippen LogP contribution in [0.15, 0.2) is 22.7 Å². The number of halogens is 1. The lowest BCUT2D eigenvalue weighted by Gasteiger charge is -2.23. The second-order valence-electron chi connectivity index (χ2n) is 4.49. The first-order valence-electron chi connectivity index (χ1n) is 5.97. The van der Waals surface area contributed by atoms with Crippen molar-refractivity contribution in [2.45, 2.75) is 19.8 Å². The van der Waals surface area contributed by atoms with Crippen molar-refractivity contribution in [3.8, 4) is 0 Å². The number of anilines is 1. The summed E-state index contributed by atoms with van der Waals surface area (Å²) in [6, 6.07) is 6.33. The van der Waals surface area contributed by atoms with Gasteiger partial charge in [-0.2, -0.15) is 0 Å². The van der Waals surface area contributed by atoms with E-state index in [-0.39, 0.29) is 0 Å². The molecule has 0 aliphatic carbocycles. The van der Waals surface area contributed by atoms with E-state index in [1.807, 2.05) is 0 Å². The molecule has 1 heterocycles. The van der Waals surface area contributed by atoms with Gasteiger partial charge in [-0.1, -0.05) is 22.0 Å². The highest BCUT2D eigenvalue weighted by atomic mass is 79.9. The first kappa shape index (κ1) is 11.9. The Balaban J connectivity index is 1.91. The minimum absolute atomic E-state index is 0.819. The first-order chi connectivity index (χ1) is 7.77. The molecular weight excluding hydrogens is 264 g/mol. The maximum Gasteiger partial charge on any atom is 0.0381 e. The summed E-state index contributed by atoms with van der Waals surface area (Å²) in [5.74, 6) is 0.819. The van der Waals surface area contributed by atoms with Crippen molar-refractivity contribution in [1.29, 1.82) is 0 Å².